The summed E-state index contributed by atoms with van der Waals surface area (Å²) in [5, 5.41) is 25.8. The second-order valence-electron chi connectivity index (χ2n) is 22.4. The number of nitrogens with zero attached hydrogens (tertiary/aromatic N) is 5. The molecule has 4 rings (SSSR count). The molecule has 584 valence electrons. The van der Waals surface area contributed by atoms with E-state index in [1.54, 1.807) is 7.11 Å². The van der Waals surface area contributed by atoms with Gasteiger partial charge in [0.05, 0.1) is 170 Å². The minimum atomic E-state index is -5.93. The van der Waals surface area contributed by atoms with E-state index in [1.165, 1.54) is 25.6 Å². The Hall–Kier alpha value is -1.82. The zero-order valence-corrected chi connectivity index (χ0v) is 67.0. The first-order valence-electron chi connectivity index (χ1n) is 32.6. The van der Waals surface area contributed by atoms with E-state index in [0.717, 1.165) is 35.1 Å². The fourth-order valence-corrected chi connectivity index (χ4v) is 12.4. The Bertz CT molecular complexity index is 2800. The molecular weight excluding hydrogens is 1480 g/mol. The number of carbonyl (C=O) groups is 5. The van der Waals surface area contributed by atoms with Crippen molar-refractivity contribution in [1.82, 2.24) is 35.1 Å². The third-order valence-corrected chi connectivity index (χ3v) is 18.0. The Labute approximate surface area is 647 Å². The largest absolute Gasteiger partial charge is 1.00 e. The summed E-state index contributed by atoms with van der Waals surface area (Å²) in [6, 6.07) is 0. The van der Waals surface area contributed by atoms with Gasteiger partial charge in [0.15, 0.2) is 17.7 Å². The number of aliphatic hydroxyl groups is 2. The van der Waals surface area contributed by atoms with Crippen molar-refractivity contribution in [3.8, 4) is 0 Å². The van der Waals surface area contributed by atoms with Gasteiger partial charge in [0.25, 0.3) is 15.6 Å². The average molecular weight is 1580 g/mol. The summed E-state index contributed by atoms with van der Waals surface area (Å²) in [5.74, 6) is -2.23. The van der Waals surface area contributed by atoms with Gasteiger partial charge in [-0.05, 0) is 12.8 Å². The first-order valence-corrected chi connectivity index (χ1v) is 38.1. The molecule has 0 saturated carbocycles. The zero-order chi connectivity index (χ0) is 74.4. The van der Waals surface area contributed by atoms with Gasteiger partial charge < -0.3 is 123 Å². The molecule has 4 unspecified atom stereocenters. The average Bonchev–Trinajstić information content (AvgIpc) is 1.65. The normalized spacial score (nSPS) is 18.4. The van der Waals surface area contributed by atoms with Crippen molar-refractivity contribution in [2.24, 2.45) is 11.1 Å². The van der Waals surface area contributed by atoms with Crippen LogP contribution >= 0.6 is 35.2 Å². The third-order valence-electron chi connectivity index (χ3n) is 13.8. The third kappa shape index (κ3) is 44.0. The molecule has 0 aliphatic carbocycles. The number of thioether (sulfide) groups is 1. The van der Waals surface area contributed by atoms with E-state index in [4.69, 9.17) is 73.0 Å². The van der Waals surface area contributed by atoms with Crippen LogP contribution in [0.5, 0.6) is 0 Å². The van der Waals surface area contributed by atoms with Gasteiger partial charge in [-0.3, -0.25) is 47.1 Å². The Morgan fingerprint density at radius 3 is 1.74 bits per heavy atom. The predicted molar refractivity (Wildman–Crippen MR) is 352 cm³/mol. The molecule has 0 spiro atoms. The second kappa shape index (κ2) is 57.3. The van der Waals surface area contributed by atoms with Gasteiger partial charge in [0.2, 0.25) is 23.6 Å². The van der Waals surface area contributed by atoms with E-state index < -0.39 is 95.7 Å². The van der Waals surface area contributed by atoms with Gasteiger partial charge in [-0.15, -0.1) is 11.8 Å². The van der Waals surface area contributed by atoms with Crippen molar-refractivity contribution < 1.29 is 206 Å². The van der Waals surface area contributed by atoms with Crippen molar-refractivity contribution in [2.75, 3.05) is 210 Å². The van der Waals surface area contributed by atoms with Crippen LogP contribution in [0, 0.1) is 5.41 Å². The number of methoxy groups -OCH3 is 1. The Morgan fingerprint density at radius 2 is 1.22 bits per heavy atom. The number of imide groups is 1. The summed E-state index contributed by atoms with van der Waals surface area (Å²) >= 11 is 1.17. The molecule has 0 bridgehead atoms. The van der Waals surface area contributed by atoms with Crippen LogP contribution < -0.4 is 91.0 Å². The summed E-state index contributed by atoms with van der Waals surface area (Å²) in [6.45, 7) is 14.3. The Balaban J connectivity index is 0.00000189. The monoisotopic (exact) mass is 1580 g/mol. The summed E-state index contributed by atoms with van der Waals surface area (Å²) in [6.07, 6.45) is -5.82. The number of ether oxygens (including phenoxy) is 13. The number of aliphatic hydroxyl groups excluding tert-OH is 2. The number of carbonyl (C=O) groups excluding carboxylic acids is 5. The van der Waals surface area contributed by atoms with Crippen LogP contribution in [0.1, 0.15) is 65.5 Å². The number of nitrogens with two attached hydrogens (primary N) is 2. The van der Waals surface area contributed by atoms with Crippen molar-refractivity contribution in [3.05, 3.63) is 12.7 Å². The first-order chi connectivity index (χ1) is 48.3. The smallest absolute Gasteiger partial charge is 0.756 e. The molecule has 10 N–H and O–H groups in total. The molecule has 0 radical (unpaired) electrons. The number of likely N-dealkylation sites (tertiary alicyclic amines) is 1. The van der Waals surface area contributed by atoms with E-state index in [9.17, 15) is 67.5 Å². The number of imidazole rings is 1. The predicted octanol–water partition coefficient (Wildman–Crippen LogP) is -8.07. The summed E-state index contributed by atoms with van der Waals surface area (Å²) in [4.78, 5) is 120. The van der Waals surface area contributed by atoms with Gasteiger partial charge in [-0.25, -0.2) is 23.8 Å². The topological polar surface area (TPSA) is 543 Å². The number of fused-ring (bicyclic) bond motifs is 1. The summed E-state index contributed by atoms with van der Waals surface area (Å²) in [5.41, 5.74) is 9.37. The van der Waals surface area contributed by atoms with Crippen molar-refractivity contribution in [2.45, 2.75) is 95.2 Å². The Kier molecular flexibility index (Phi) is 55.1. The van der Waals surface area contributed by atoms with E-state index in [-0.39, 0.29) is 145 Å². The van der Waals surface area contributed by atoms with Crippen LogP contribution in [-0.2, 0) is 117 Å². The van der Waals surface area contributed by atoms with Gasteiger partial charge in [0, 0.05) is 76.7 Å². The number of anilines is 1. The minimum Gasteiger partial charge on any atom is -0.756 e. The standard InChI is InChI=1S/C42H71N8O25P3S.C15H33NO6.2Na/c1-42(2,25-72-78(63,64)75-77(61,62)71-24-29-35(74-76(58,59)60)34(54)41(73-29)50-27-48-33-37(43)46-26-47-38(33)50)36(55)39(56)45-8-6-31(52)44-9-22-79-30-23-32(53)49(40(30)57)10-4-5-28(51)7-11-66-14-15-68-18-19-70-21-20-69-17-16-67-13-12-65-3;1-2-4-17-6-8-19-10-12-21-14-15-22-13-11-20-9-7-18-5-3-16;;/h26-27,29-30,34-36,41,54-55H,4-25H2,1-3H3,(H,44,52)(H,45,56)(H,61,62)(H,63,64)(H2,43,46,47)(H2,58,59,60);2-16H2,1H3;;/q;;2*+1/p-2/t29-,30?,34+,35?,36+,41-;;;/m1.../s1. The number of amides is 4. The number of Topliss-reactive ketones (excluding diaryl/α,β-unsaturated/α-hetero) is 1. The second-order valence-corrected chi connectivity index (χ2v) is 27.8. The van der Waals surface area contributed by atoms with Crippen LogP contribution in [0.25, 0.3) is 11.2 Å². The zero-order valence-electron chi connectivity index (χ0n) is 59.5. The van der Waals surface area contributed by atoms with Crippen molar-refractivity contribution >= 4 is 81.6 Å². The number of phosphoric ester groups is 3. The minimum absolute atomic E-state index is 0. The number of nitrogens with one attached hydrogen (secondary N) is 2. The van der Waals surface area contributed by atoms with Crippen LogP contribution in [0.4, 0.5) is 5.82 Å². The Morgan fingerprint density at radius 1 is 0.718 bits per heavy atom. The molecule has 2 aliphatic heterocycles. The van der Waals surface area contributed by atoms with Crippen LogP contribution in [0.15, 0.2) is 12.7 Å². The van der Waals surface area contributed by atoms with E-state index in [1.807, 2.05) is 0 Å². The number of ketones is 1. The van der Waals surface area contributed by atoms with E-state index in [0.29, 0.717) is 152 Å². The number of aromatic nitrogens is 4. The van der Waals surface area contributed by atoms with E-state index >= 15 is 0 Å². The van der Waals surface area contributed by atoms with Crippen molar-refractivity contribution in [3.63, 3.8) is 0 Å². The molecule has 0 aromatic carbocycles. The quantitative estimate of drug-likeness (QED) is 0.0132. The maximum Gasteiger partial charge on any atom is 1.00 e. The molecule has 2 fully saturated rings. The molecule has 2 aromatic rings. The van der Waals surface area contributed by atoms with E-state index in [2.05, 4.69) is 50.4 Å². The summed E-state index contributed by atoms with van der Waals surface area (Å²) < 4.78 is 125. The number of nitrogen functional groups attached to an aromatic ring is 1. The molecule has 46 heteroatoms. The first kappa shape index (κ1) is 99.2. The number of phosphoric acid groups is 3. The fourth-order valence-electron chi connectivity index (χ4n) is 8.63. The van der Waals surface area contributed by atoms with Gasteiger partial charge in [-0.1, -0.05) is 20.8 Å². The SMILES string of the molecule is CCCOCCOCCOCCOCCOCCOCCN.COCCOCCOCCOCCOCCOCCC(=O)CCCN1C(=O)CC(SCCNC(=O)CCNC(=O)[C@H](O)C(C)(C)COP(=O)([O-])OP(=O)([O-])OC[C@H]2O[C@@H](n3cnc4c(N)ncnc43)[C@@H](O)C2OP(=O)(O)O)C1=O.[Na+].[Na+]. The van der Waals surface area contributed by atoms with Crippen LogP contribution in [-0.4, -0.2) is 308 Å². The molecule has 8 atom stereocenters. The van der Waals surface area contributed by atoms with Crippen LogP contribution in [0.3, 0.4) is 0 Å². The molecule has 103 heavy (non-hydrogen) atoms. The maximum atomic E-state index is 12.9. The summed E-state index contributed by atoms with van der Waals surface area (Å²) in [7, 11) is -15.6. The van der Waals surface area contributed by atoms with Gasteiger partial charge >= 0.3 is 66.9 Å². The fraction of sp³-hybridized carbons (Fsp3) is 0.825. The van der Waals surface area contributed by atoms with Gasteiger partial charge in [0.1, 0.15) is 42.0 Å². The maximum absolute atomic E-state index is 12.9. The molecule has 2 aromatic heterocycles. The number of hydrogen-bond acceptors (Lipinski definition) is 35. The van der Waals surface area contributed by atoms with Gasteiger partial charge in [-0.2, -0.15) is 0 Å². The molecule has 2 saturated heterocycles. The molecule has 4 amide bonds. The van der Waals surface area contributed by atoms with Crippen molar-refractivity contribution in [1.29, 1.82) is 0 Å². The number of hydrogen-bond donors (Lipinski definition) is 8. The molecular formula is C57H102N9Na2O31P3S. The number of rotatable bonds is 61. The molecule has 4 heterocycles. The van der Waals surface area contributed by atoms with Crippen LogP contribution in [0.2, 0.25) is 0 Å². The molecule has 40 nitrogen and oxygen atoms in total. The molecule has 2 aliphatic rings.